The highest BCUT2D eigenvalue weighted by molar-refractivity contribution is 6.02. The number of ether oxygens (including phenoxy) is 2. The molecule has 1 aliphatic rings. The normalized spacial score (nSPS) is 22.1. The van der Waals surface area contributed by atoms with Crippen molar-refractivity contribution in [2.75, 3.05) is 6.79 Å². The first-order valence-corrected chi connectivity index (χ1v) is 8.70. The van der Waals surface area contributed by atoms with E-state index in [2.05, 4.69) is 27.4 Å². The molecule has 0 aromatic heterocycles. The summed E-state index contributed by atoms with van der Waals surface area (Å²) in [6.07, 6.45) is 5.11. The Kier molecular flexibility index (Phi) is 6.57. The molecule has 0 spiro atoms. The Bertz CT molecular complexity index is 655. The molecule has 25 heavy (non-hydrogen) atoms. The van der Waals surface area contributed by atoms with Gasteiger partial charge in [-0.05, 0) is 54.0 Å². The minimum absolute atomic E-state index is 0.129. The van der Waals surface area contributed by atoms with Crippen molar-refractivity contribution in [3.05, 3.63) is 48.1 Å². The fourth-order valence-corrected chi connectivity index (χ4v) is 3.08. The van der Waals surface area contributed by atoms with E-state index in [1.54, 1.807) is 12.1 Å². The molecule has 1 fully saturated rings. The number of hydrogen-bond acceptors (Lipinski definition) is 4. The third-order valence-electron chi connectivity index (χ3n) is 4.66. The smallest absolute Gasteiger partial charge is 0.333 e. The van der Waals surface area contributed by atoms with Gasteiger partial charge < -0.3 is 9.47 Å². The van der Waals surface area contributed by atoms with Crippen LogP contribution in [-0.4, -0.2) is 18.5 Å². The van der Waals surface area contributed by atoms with Crippen molar-refractivity contribution in [2.24, 2.45) is 17.8 Å². The number of esters is 1. The van der Waals surface area contributed by atoms with Crippen LogP contribution >= 0.6 is 0 Å². The molecular formula is C21H26O4. The molecule has 1 aromatic carbocycles. The Balaban J connectivity index is 2.05. The predicted molar refractivity (Wildman–Crippen MR) is 97.9 cm³/mol. The number of rotatable bonds is 6. The van der Waals surface area contributed by atoms with Crippen LogP contribution in [0.15, 0.2) is 42.5 Å². The van der Waals surface area contributed by atoms with Crippen molar-refractivity contribution >= 4 is 17.8 Å². The van der Waals surface area contributed by atoms with Gasteiger partial charge in [0.1, 0.15) is 5.75 Å². The van der Waals surface area contributed by atoms with Gasteiger partial charge in [0.05, 0.1) is 0 Å². The first-order chi connectivity index (χ1) is 11.9. The quantitative estimate of drug-likeness (QED) is 0.437. The van der Waals surface area contributed by atoms with Crippen molar-refractivity contribution in [1.82, 2.24) is 0 Å². The third-order valence-corrected chi connectivity index (χ3v) is 4.66. The highest BCUT2D eigenvalue weighted by atomic mass is 16.7. The van der Waals surface area contributed by atoms with Crippen molar-refractivity contribution in [3.8, 4) is 5.75 Å². The molecule has 4 nitrogen and oxygen atoms in total. The number of benzene rings is 1. The Morgan fingerprint density at radius 3 is 2.56 bits per heavy atom. The second kappa shape index (κ2) is 8.65. The van der Waals surface area contributed by atoms with Crippen LogP contribution in [0, 0.1) is 17.8 Å². The summed E-state index contributed by atoms with van der Waals surface area (Å²) in [6, 6.07) is 7.39. The van der Waals surface area contributed by atoms with Crippen molar-refractivity contribution in [3.63, 3.8) is 0 Å². The zero-order chi connectivity index (χ0) is 18.4. The van der Waals surface area contributed by atoms with Gasteiger partial charge in [0, 0.05) is 12.0 Å². The Hall–Kier alpha value is -2.36. The van der Waals surface area contributed by atoms with Gasteiger partial charge in [-0.3, -0.25) is 4.79 Å². The fraction of sp³-hybridized carbons (Fsp3) is 0.429. The van der Waals surface area contributed by atoms with Crippen molar-refractivity contribution in [1.29, 1.82) is 0 Å². The monoisotopic (exact) mass is 342 g/mol. The lowest BCUT2D eigenvalue weighted by Crippen LogP contribution is -2.30. The molecule has 134 valence electrons. The minimum atomic E-state index is -0.522. The first kappa shape index (κ1) is 19.0. The van der Waals surface area contributed by atoms with Crippen LogP contribution in [0.5, 0.6) is 5.75 Å². The summed E-state index contributed by atoms with van der Waals surface area (Å²) in [6.45, 7) is 9.50. The molecule has 2 atom stereocenters. The van der Waals surface area contributed by atoms with E-state index in [0.29, 0.717) is 11.7 Å². The van der Waals surface area contributed by atoms with E-state index >= 15 is 0 Å². The number of Topliss-reactive ketones (excluding diaryl/α,β-unsaturated/α-hetero) is 1. The zero-order valence-corrected chi connectivity index (χ0v) is 15.2. The van der Waals surface area contributed by atoms with Gasteiger partial charge in [-0.1, -0.05) is 39.5 Å². The van der Waals surface area contributed by atoms with E-state index in [1.165, 1.54) is 0 Å². The summed E-state index contributed by atoms with van der Waals surface area (Å²) in [4.78, 5) is 23.7. The zero-order valence-electron chi connectivity index (χ0n) is 15.2. The molecule has 2 rings (SSSR count). The molecule has 1 unspecified atom stereocenters. The Labute approximate surface area is 149 Å². The van der Waals surface area contributed by atoms with Gasteiger partial charge in [-0.25, -0.2) is 4.79 Å². The third kappa shape index (κ3) is 5.05. The predicted octanol–water partition coefficient (Wildman–Crippen LogP) is 4.41. The van der Waals surface area contributed by atoms with E-state index in [4.69, 9.17) is 9.47 Å². The summed E-state index contributed by atoms with van der Waals surface area (Å²) in [7, 11) is 0. The van der Waals surface area contributed by atoms with Gasteiger partial charge in [0.15, 0.2) is 5.78 Å². The standard InChI is InChI=1S/C21H26O4/c1-5-20(22)25-13-24-17-9-7-16(8-10-17)12-19-15(4)6-11-18(14(2)3)21(19)23/h5,7-10,12,14-15,18H,1,6,11,13H2,2-4H3/b19-12+/t15?,18-/m1/s1. The topological polar surface area (TPSA) is 52.6 Å². The number of carbonyl (C=O) groups is 2. The lowest BCUT2D eigenvalue weighted by molar-refractivity contribution is -0.144. The first-order valence-electron chi connectivity index (χ1n) is 8.70. The van der Waals surface area contributed by atoms with Crippen LogP contribution in [0.4, 0.5) is 0 Å². The summed E-state index contributed by atoms with van der Waals surface area (Å²) in [5.41, 5.74) is 1.88. The number of hydrogen-bond donors (Lipinski definition) is 0. The van der Waals surface area contributed by atoms with E-state index in [9.17, 15) is 9.59 Å². The van der Waals surface area contributed by atoms with Crippen LogP contribution in [0.1, 0.15) is 39.2 Å². The summed E-state index contributed by atoms with van der Waals surface area (Å²) >= 11 is 0. The second-order valence-electron chi connectivity index (χ2n) is 6.79. The van der Waals surface area contributed by atoms with Gasteiger partial charge in [-0.2, -0.15) is 0 Å². The minimum Gasteiger partial charge on any atom is -0.457 e. The maximum Gasteiger partial charge on any atom is 0.333 e. The molecule has 1 aromatic rings. The molecule has 0 saturated heterocycles. The largest absolute Gasteiger partial charge is 0.457 e. The van der Waals surface area contributed by atoms with E-state index in [0.717, 1.165) is 30.1 Å². The van der Waals surface area contributed by atoms with Gasteiger partial charge in [0.25, 0.3) is 0 Å². The van der Waals surface area contributed by atoms with Gasteiger partial charge >= 0.3 is 5.97 Å². The van der Waals surface area contributed by atoms with E-state index in [1.807, 2.05) is 18.2 Å². The molecule has 1 saturated carbocycles. The van der Waals surface area contributed by atoms with Crippen LogP contribution in [-0.2, 0) is 14.3 Å². The molecule has 4 heteroatoms. The molecule has 0 N–H and O–H groups in total. The highest BCUT2D eigenvalue weighted by Gasteiger charge is 2.32. The number of ketones is 1. The van der Waals surface area contributed by atoms with Gasteiger partial charge in [0.2, 0.25) is 6.79 Å². The fourth-order valence-electron chi connectivity index (χ4n) is 3.08. The molecular weight excluding hydrogens is 316 g/mol. The Morgan fingerprint density at radius 2 is 1.96 bits per heavy atom. The molecule has 0 aliphatic heterocycles. The van der Waals surface area contributed by atoms with Crippen LogP contribution in [0.3, 0.4) is 0 Å². The summed E-state index contributed by atoms with van der Waals surface area (Å²) in [5, 5.41) is 0. The second-order valence-corrected chi connectivity index (χ2v) is 6.79. The maximum absolute atomic E-state index is 12.7. The SMILES string of the molecule is C=CC(=O)OCOc1ccc(/C=C2/C(=O)[C@@H](C(C)C)CCC2C)cc1. The number of allylic oxidation sites excluding steroid dienone is 1. The van der Waals surface area contributed by atoms with Crippen LogP contribution < -0.4 is 4.74 Å². The summed E-state index contributed by atoms with van der Waals surface area (Å²) in [5.74, 6) is 1.15. The van der Waals surface area contributed by atoms with Crippen LogP contribution in [0.2, 0.25) is 0 Å². The lowest BCUT2D eigenvalue weighted by Gasteiger charge is -2.30. The molecule has 0 amide bonds. The van der Waals surface area contributed by atoms with Gasteiger partial charge in [-0.15, -0.1) is 0 Å². The molecule has 0 bridgehead atoms. The lowest BCUT2D eigenvalue weighted by atomic mass is 9.73. The average molecular weight is 342 g/mol. The van der Waals surface area contributed by atoms with Crippen molar-refractivity contribution < 1.29 is 19.1 Å². The average Bonchev–Trinajstić information content (AvgIpc) is 2.59. The summed E-state index contributed by atoms with van der Waals surface area (Å²) < 4.78 is 10.1. The molecule has 0 heterocycles. The maximum atomic E-state index is 12.7. The van der Waals surface area contributed by atoms with Crippen molar-refractivity contribution in [2.45, 2.75) is 33.6 Å². The highest BCUT2D eigenvalue weighted by Crippen LogP contribution is 2.35. The van der Waals surface area contributed by atoms with E-state index in [-0.39, 0.29) is 24.4 Å². The Morgan fingerprint density at radius 1 is 1.28 bits per heavy atom. The molecule has 1 aliphatic carbocycles. The van der Waals surface area contributed by atoms with E-state index < -0.39 is 5.97 Å². The number of carbonyl (C=O) groups excluding carboxylic acids is 2. The van der Waals surface area contributed by atoms with Crippen LogP contribution in [0.25, 0.3) is 6.08 Å². The molecule has 0 radical (unpaired) electrons.